The van der Waals surface area contributed by atoms with Gasteiger partial charge in [-0.1, -0.05) is 6.92 Å². The fourth-order valence-electron chi connectivity index (χ4n) is 1.76. The molecule has 0 atom stereocenters. The number of aryl methyl sites for hydroxylation is 1. The summed E-state index contributed by atoms with van der Waals surface area (Å²) in [5.74, 6) is 0.876. The lowest BCUT2D eigenvalue weighted by Gasteiger charge is -2.10. The first-order valence-corrected chi connectivity index (χ1v) is 8.65. The van der Waals surface area contributed by atoms with Crippen LogP contribution in [0.25, 0.3) is 0 Å². The molecule has 5 nitrogen and oxygen atoms in total. The Hall–Kier alpha value is -1.14. The molecule has 0 aliphatic heterocycles. The van der Waals surface area contributed by atoms with Gasteiger partial charge in [0.1, 0.15) is 0 Å². The highest BCUT2D eigenvalue weighted by atomic mass is 32.1. The average Bonchev–Trinajstić information content (AvgIpc) is 2.95. The highest BCUT2D eigenvalue weighted by Gasteiger charge is 2.01. The van der Waals surface area contributed by atoms with E-state index >= 15 is 0 Å². The van der Waals surface area contributed by atoms with Gasteiger partial charge in [-0.15, -0.1) is 11.3 Å². The SMILES string of the molecule is CCNC(=NCCCOCC)NCCc1ncc(CC)s1. The quantitative estimate of drug-likeness (QED) is 0.395. The zero-order valence-electron chi connectivity index (χ0n) is 13.4. The number of rotatable bonds is 10. The van der Waals surface area contributed by atoms with Crippen LogP contribution in [0.2, 0.25) is 0 Å². The summed E-state index contributed by atoms with van der Waals surface area (Å²) in [7, 11) is 0. The zero-order chi connectivity index (χ0) is 15.3. The number of thiazole rings is 1. The van der Waals surface area contributed by atoms with Gasteiger partial charge in [0.15, 0.2) is 5.96 Å². The van der Waals surface area contributed by atoms with Crippen molar-refractivity contribution in [1.29, 1.82) is 0 Å². The largest absolute Gasteiger partial charge is 0.382 e. The van der Waals surface area contributed by atoms with Crippen molar-refractivity contribution in [1.82, 2.24) is 15.6 Å². The van der Waals surface area contributed by atoms with E-state index in [9.17, 15) is 0 Å². The van der Waals surface area contributed by atoms with Crippen LogP contribution in [0.4, 0.5) is 0 Å². The van der Waals surface area contributed by atoms with Crippen LogP contribution >= 0.6 is 11.3 Å². The molecule has 0 aromatic carbocycles. The topological polar surface area (TPSA) is 58.5 Å². The monoisotopic (exact) mass is 312 g/mol. The Bertz CT molecular complexity index is 406. The summed E-state index contributed by atoms with van der Waals surface area (Å²) in [5.41, 5.74) is 0. The fraction of sp³-hybridized carbons (Fsp3) is 0.733. The molecule has 0 amide bonds. The minimum atomic E-state index is 0.773. The van der Waals surface area contributed by atoms with Gasteiger partial charge in [0.05, 0.1) is 5.01 Å². The van der Waals surface area contributed by atoms with Crippen molar-refractivity contribution in [3.63, 3.8) is 0 Å². The van der Waals surface area contributed by atoms with Gasteiger partial charge in [0.2, 0.25) is 0 Å². The van der Waals surface area contributed by atoms with Gasteiger partial charge in [-0.05, 0) is 26.7 Å². The Morgan fingerprint density at radius 2 is 2.19 bits per heavy atom. The molecule has 1 aromatic rings. The van der Waals surface area contributed by atoms with Crippen molar-refractivity contribution in [2.75, 3.05) is 32.8 Å². The molecular weight excluding hydrogens is 284 g/mol. The zero-order valence-corrected chi connectivity index (χ0v) is 14.3. The van der Waals surface area contributed by atoms with Crippen LogP contribution in [0, 0.1) is 0 Å². The van der Waals surface area contributed by atoms with E-state index in [-0.39, 0.29) is 0 Å². The second-order valence-electron chi connectivity index (χ2n) is 4.56. The molecule has 1 rings (SSSR count). The minimum Gasteiger partial charge on any atom is -0.382 e. The lowest BCUT2D eigenvalue weighted by atomic mass is 10.4. The average molecular weight is 312 g/mol. The van der Waals surface area contributed by atoms with Crippen LogP contribution in [-0.4, -0.2) is 43.8 Å². The summed E-state index contributed by atoms with van der Waals surface area (Å²) in [6.07, 6.45) is 4.94. The van der Waals surface area contributed by atoms with Crippen LogP contribution in [0.1, 0.15) is 37.1 Å². The molecule has 0 unspecified atom stereocenters. The summed E-state index contributed by atoms with van der Waals surface area (Å²) >= 11 is 1.80. The Morgan fingerprint density at radius 1 is 1.33 bits per heavy atom. The Labute approximate surface area is 132 Å². The summed E-state index contributed by atoms with van der Waals surface area (Å²) in [4.78, 5) is 10.3. The lowest BCUT2D eigenvalue weighted by Crippen LogP contribution is -2.38. The molecule has 0 saturated heterocycles. The van der Waals surface area contributed by atoms with E-state index in [4.69, 9.17) is 4.74 Å². The number of aliphatic imine (C=N–C) groups is 1. The van der Waals surface area contributed by atoms with Gasteiger partial charge in [0.25, 0.3) is 0 Å². The van der Waals surface area contributed by atoms with E-state index in [2.05, 4.69) is 34.5 Å². The maximum Gasteiger partial charge on any atom is 0.191 e. The van der Waals surface area contributed by atoms with E-state index in [0.29, 0.717) is 0 Å². The molecule has 120 valence electrons. The van der Waals surface area contributed by atoms with Crippen LogP contribution in [0.15, 0.2) is 11.2 Å². The smallest absolute Gasteiger partial charge is 0.191 e. The summed E-state index contributed by atoms with van der Waals surface area (Å²) < 4.78 is 5.31. The van der Waals surface area contributed by atoms with E-state index < -0.39 is 0 Å². The summed E-state index contributed by atoms with van der Waals surface area (Å²) in [6.45, 7) is 10.3. The fourth-order valence-corrected chi connectivity index (χ4v) is 2.62. The molecule has 0 saturated carbocycles. The first kappa shape index (κ1) is 17.9. The first-order chi connectivity index (χ1) is 10.3. The maximum absolute atomic E-state index is 5.31. The summed E-state index contributed by atoms with van der Waals surface area (Å²) in [5, 5.41) is 7.80. The lowest BCUT2D eigenvalue weighted by molar-refractivity contribution is 0.146. The van der Waals surface area contributed by atoms with Crippen molar-refractivity contribution >= 4 is 17.3 Å². The van der Waals surface area contributed by atoms with E-state index in [1.807, 2.05) is 13.1 Å². The third-order valence-electron chi connectivity index (χ3n) is 2.85. The molecule has 6 heteroatoms. The molecule has 2 N–H and O–H groups in total. The van der Waals surface area contributed by atoms with E-state index in [1.54, 1.807) is 11.3 Å². The second-order valence-corrected chi connectivity index (χ2v) is 5.76. The number of aromatic nitrogens is 1. The number of hydrogen-bond donors (Lipinski definition) is 2. The van der Waals surface area contributed by atoms with E-state index in [1.165, 1.54) is 9.88 Å². The van der Waals surface area contributed by atoms with Gasteiger partial charge >= 0.3 is 0 Å². The van der Waals surface area contributed by atoms with Gasteiger partial charge < -0.3 is 15.4 Å². The van der Waals surface area contributed by atoms with Gasteiger partial charge in [-0.2, -0.15) is 0 Å². The van der Waals surface area contributed by atoms with Crippen LogP contribution in [0.3, 0.4) is 0 Å². The Morgan fingerprint density at radius 3 is 2.86 bits per heavy atom. The van der Waals surface area contributed by atoms with Crippen molar-refractivity contribution in [2.24, 2.45) is 4.99 Å². The van der Waals surface area contributed by atoms with Crippen molar-refractivity contribution in [2.45, 2.75) is 40.0 Å². The van der Waals surface area contributed by atoms with Gasteiger partial charge in [-0.3, -0.25) is 4.99 Å². The molecule has 0 spiro atoms. The Kier molecular flexibility index (Phi) is 9.82. The Balaban J connectivity index is 2.27. The minimum absolute atomic E-state index is 0.773. The molecule has 0 aliphatic carbocycles. The van der Waals surface area contributed by atoms with Crippen LogP contribution in [-0.2, 0) is 17.6 Å². The molecule has 0 fully saturated rings. The van der Waals surface area contributed by atoms with Gasteiger partial charge in [-0.25, -0.2) is 4.98 Å². The number of hydrogen-bond acceptors (Lipinski definition) is 4. The first-order valence-electron chi connectivity index (χ1n) is 7.83. The van der Waals surface area contributed by atoms with Crippen LogP contribution < -0.4 is 10.6 Å². The summed E-state index contributed by atoms with van der Waals surface area (Å²) in [6, 6.07) is 0. The molecule has 0 bridgehead atoms. The number of nitrogens with one attached hydrogen (secondary N) is 2. The van der Waals surface area contributed by atoms with Crippen molar-refractivity contribution < 1.29 is 4.74 Å². The highest BCUT2D eigenvalue weighted by molar-refractivity contribution is 7.11. The number of guanidine groups is 1. The molecule has 0 radical (unpaired) electrons. The predicted octanol–water partition coefficient (Wildman–Crippen LogP) is 2.23. The normalized spacial score (nSPS) is 11.7. The third kappa shape index (κ3) is 8.02. The molecule has 1 heterocycles. The standard InChI is InChI=1S/C15H28N4OS/c1-4-13-12-19-14(21-13)8-10-18-15(16-5-2)17-9-7-11-20-6-3/h12H,4-11H2,1-3H3,(H2,16,17,18). The number of nitrogens with zero attached hydrogens (tertiary/aromatic N) is 2. The maximum atomic E-state index is 5.31. The molecule has 1 aromatic heterocycles. The van der Waals surface area contributed by atoms with Crippen LogP contribution in [0.5, 0.6) is 0 Å². The van der Waals surface area contributed by atoms with E-state index in [0.717, 1.165) is 58.1 Å². The molecule has 0 aliphatic rings. The van der Waals surface area contributed by atoms with Crippen molar-refractivity contribution in [3.05, 3.63) is 16.1 Å². The van der Waals surface area contributed by atoms with Gasteiger partial charge in [0, 0.05) is 50.3 Å². The third-order valence-corrected chi connectivity index (χ3v) is 4.05. The highest BCUT2D eigenvalue weighted by Crippen LogP contribution is 2.13. The molecular formula is C15H28N4OS. The molecule has 21 heavy (non-hydrogen) atoms. The number of ether oxygens (including phenoxy) is 1. The second kappa shape index (κ2) is 11.5. The predicted molar refractivity (Wildman–Crippen MR) is 90.3 cm³/mol. The van der Waals surface area contributed by atoms with Crippen molar-refractivity contribution in [3.8, 4) is 0 Å².